The number of carbonyl (C=O) groups excluding carboxylic acids is 2. The number of rotatable bonds is 6. The zero-order valence-electron chi connectivity index (χ0n) is 15.9. The quantitative estimate of drug-likeness (QED) is 0.475. The van der Waals surface area contributed by atoms with E-state index in [1.54, 1.807) is 68.8 Å². The molecular weight excluding hydrogens is 372 g/mol. The molecule has 1 atom stereocenters. The number of amides is 1. The van der Waals surface area contributed by atoms with Gasteiger partial charge in [0.1, 0.15) is 11.5 Å². The second-order valence-corrected chi connectivity index (χ2v) is 6.34. The molecule has 0 aliphatic carbocycles. The molecule has 0 bridgehead atoms. The van der Waals surface area contributed by atoms with Crippen molar-refractivity contribution >= 4 is 23.1 Å². The van der Waals surface area contributed by atoms with Gasteiger partial charge in [-0.25, -0.2) is 0 Å². The number of anilines is 1. The second kappa shape index (κ2) is 7.63. The fourth-order valence-electron chi connectivity index (χ4n) is 3.17. The van der Waals surface area contributed by atoms with E-state index < -0.39 is 17.6 Å². The highest BCUT2D eigenvalue weighted by Crippen LogP contribution is 2.31. The van der Waals surface area contributed by atoms with Gasteiger partial charge in [0.25, 0.3) is 5.91 Å². The molecule has 0 N–H and O–H groups in total. The van der Waals surface area contributed by atoms with Crippen molar-refractivity contribution in [2.75, 3.05) is 19.2 Å². The van der Waals surface area contributed by atoms with E-state index in [0.29, 0.717) is 28.5 Å². The van der Waals surface area contributed by atoms with Gasteiger partial charge >= 0.3 is 0 Å². The Morgan fingerprint density at radius 2 is 1.76 bits per heavy atom. The summed E-state index contributed by atoms with van der Waals surface area (Å²) in [4.78, 5) is 26.3. The Kier molecular flexibility index (Phi) is 4.87. The van der Waals surface area contributed by atoms with Crippen molar-refractivity contribution in [1.82, 2.24) is 0 Å². The van der Waals surface area contributed by atoms with Gasteiger partial charge in [0.2, 0.25) is 5.78 Å². The third-order valence-electron chi connectivity index (χ3n) is 4.65. The Morgan fingerprint density at radius 1 is 1.00 bits per heavy atom. The van der Waals surface area contributed by atoms with Crippen LogP contribution in [-0.4, -0.2) is 31.6 Å². The van der Waals surface area contributed by atoms with Crippen LogP contribution < -0.4 is 14.5 Å². The van der Waals surface area contributed by atoms with Crippen LogP contribution in [0.15, 0.2) is 76.4 Å². The number of Topliss-reactive ketones (excluding diaryl/α,β-unsaturated/α-hetero) is 1. The van der Waals surface area contributed by atoms with E-state index in [4.69, 9.17) is 13.9 Å². The maximum atomic E-state index is 13.2. The number of benzene rings is 2. The molecule has 0 saturated heterocycles. The van der Waals surface area contributed by atoms with E-state index in [0.717, 1.165) is 0 Å². The number of ketones is 1. The molecule has 2 aromatic carbocycles. The summed E-state index contributed by atoms with van der Waals surface area (Å²) in [6, 6.07) is 17.1. The van der Waals surface area contributed by atoms with Gasteiger partial charge < -0.3 is 13.9 Å². The van der Waals surface area contributed by atoms with Crippen LogP contribution in [0.5, 0.6) is 11.5 Å². The number of carbonyl (C=O) groups is 2. The van der Waals surface area contributed by atoms with Crippen molar-refractivity contribution in [3.8, 4) is 11.5 Å². The van der Waals surface area contributed by atoms with Gasteiger partial charge in [-0.3, -0.25) is 9.59 Å². The number of furan rings is 1. The molecule has 4 rings (SSSR count). The van der Waals surface area contributed by atoms with Crippen LogP contribution in [0.25, 0.3) is 0 Å². The third kappa shape index (κ3) is 3.38. The highest BCUT2D eigenvalue weighted by atomic mass is 16.5. The number of nitrogens with zero attached hydrogens (tertiary/aromatic N) is 2. The molecule has 29 heavy (non-hydrogen) atoms. The highest BCUT2D eigenvalue weighted by molar-refractivity contribution is 6.34. The first-order valence-corrected chi connectivity index (χ1v) is 8.91. The summed E-state index contributed by atoms with van der Waals surface area (Å²) in [6.45, 7) is 0. The standard InChI is InChI=1S/C22H18N2O5/c1-27-16-10-8-15(9-11-16)24-22(26)19(21(25)18-7-4-12-29-18)20(23-24)14-5-3-6-17(13-14)28-2/h3-13,19H,1-2H3/t19-/m1/s1. The van der Waals surface area contributed by atoms with Crippen molar-refractivity contribution in [3.63, 3.8) is 0 Å². The number of hydrogen-bond acceptors (Lipinski definition) is 6. The van der Waals surface area contributed by atoms with Crippen LogP contribution in [0.4, 0.5) is 5.69 Å². The average Bonchev–Trinajstić information content (AvgIpc) is 3.42. The summed E-state index contributed by atoms with van der Waals surface area (Å²) in [5.74, 6) is -0.650. The van der Waals surface area contributed by atoms with Crippen LogP contribution in [-0.2, 0) is 4.79 Å². The maximum Gasteiger partial charge on any atom is 0.264 e. The number of hydrogen-bond donors (Lipinski definition) is 0. The van der Waals surface area contributed by atoms with E-state index in [9.17, 15) is 9.59 Å². The lowest BCUT2D eigenvalue weighted by molar-refractivity contribution is -0.118. The number of hydrazone groups is 1. The lowest BCUT2D eigenvalue weighted by Gasteiger charge is -2.14. The molecule has 0 spiro atoms. The van der Waals surface area contributed by atoms with Gasteiger partial charge in [-0.05, 0) is 48.5 Å². The Morgan fingerprint density at radius 3 is 2.41 bits per heavy atom. The molecule has 0 radical (unpaired) electrons. The van der Waals surface area contributed by atoms with E-state index in [2.05, 4.69) is 5.10 Å². The predicted molar refractivity (Wildman–Crippen MR) is 107 cm³/mol. The third-order valence-corrected chi connectivity index (χ3v) is 4.65. The lowest BCUT2D eigenvalue weighted by atomic mass is 9.91. The van der Waals surface area contributed by atoms with Crippen LogP contribution in [0.2, 0.25) is 0 Å². The topological polar surface area (TPSA) is 81.3 Å². The monoisotopic (exact) mass is 390 g/mol. The zero-order chi connectivity index (χ0) is 20.4. The van der Waals surface area contributed by atoms with E-state index >= 15 is 0 Å². The first-order valence-electron chi connectivity index (χ1n) is 8.91. The van der Waals surface area contributed by atoms with Gasteiger partial charge in [-0.2, -0.15) is 10.1 Å². The summed E-state index contributed by atoms with van der Waals surface area (Å²) in [5, 5.41) is 5.73. The molecular formula is C22H18N2O5. The molecule has 7 heteroatoms. The first-order chi connectivity index (χ1) is 14.1. The van der Waals surface area contributed by atoms with Crippen molar-refractivity contribution in [1.29, 1.82) is 0 Å². The molecule has 0 saturated carbocycles. The van der Waals surface area contributed by atoms with E-state index in [-0.39, 0.29) is 5.76 Å². The Hall–Kier alpha value is -3.87. The van der Waals surface area contributed by atoms with Gasteiger partial charge in [-0.1, -0.05) is 12.1 Å². The molecule has 1 aromatic heterocycles. The second-order valence-electron chi connectivity index (χ2n) is 6.34. The fourth-order valence-corrected chi connectivity index (χ4v) is 3.17. The molecule has 7 nitrogen and oxygen atoms in total. The van der Waals surface area contributed by atoms with Crippen molar-refractivity contribution in [2.24, 2.45) is 11.0 Å². The van der Waals surface area contributed by atoms with E-state index in [1.807, 2.05) is 0 Å². The minimum absolute atomic E-state index is 0.107. The predicted octanol–water partition coefficient (Wildman–Crippen LogP) is 3.55. The molecule has 1 aliphatic heterocycles. The molecule has 146 valence electrons. The van der Waals surface area contributed by atoms with Crippen molar-refractivity contribution in [2.45, 2.75) is 0 Å². The van der Waals surface area contributed by atoms with E-state index in [1.165, 1.54) is 17.3 Å². The largest absolute Gasteiger partial charge is 0.497 e. The first kappa shape index (κ1) is 18.5. The van der Waals surface area contributed by atoms with Crippen LogP contribution >= 0.6 is 0 Å². The normalized spacial score (nSPS) is 15.9. The van der Waals surface area contributed by atoms with Crippen LogP contribution in [0.3, 0.4) is 0 Å². The summed E-state index contributed by atoms with van der Waals surface area (Å²) in [5.41, 5.74) is 1.50. The number of ether oxygens (including phenoxy) is 2. The Balaban J connectivity index is 1.79. The van der Waals surface area contributed by atoms with Gasteiger partial charge in [-0.15, -0.1) is 0 Å². The summed E-state index contributed by atoms with van der Waals surface area (Å²) >= 11 is 0. The van der Waals surface area contributed by atoms with Gasteiger partial charge in [0.15, 0.2) is 11.7 Å². The summed E-state index contributed by atoms with van der Waals surface area (Å²) in [7, 11) is 3.11. The summed E-state index contributed by atoms with van der Waals surface area (Å²) < 4.78 is 15.7. The lowest BCUT2D eigenvalue weighted by Crippen LogP contribution is -2.33. The fraction of sp³-hybridized carbons (Fsp3) is 0.136. The molecule has 0 fully saturated rings. The van der Waals surface area contributed by atoms with Crippen LogP contribution in [0, 0.1) is 5.92 Å². The van der Waals surface area contributed by atoms with Crippen molar-refractivity contribution < 1.29 is 23.5 Å². The van der Waals surface area contributed by atoms with Gasteiger partial charge in [0, 0.05) is 5.56 Å². The smallest absolute Gasteiger partial charge is 0.264 e. The Labute approximate surface area is 167 Å². The Bertz CT molecular complexity index is 1070. The van der Waals surface area contributed by atoms with Crippen molar-refractivity contribution in [3.05, 3.63) is 78.3 Å². The maximum absolute atomic E-state index is 13.2. The average molecular weight is 390 g/mol. The summed E-state index contributed by atoms with van der Waals surface area (Å²) in [6.07, 6.45) is 1.40. The SMILES string of the molecule is COc1ccc(N2N=C(c3cccc(OC)c3)[C@H](C(=O)c3ccco3)C2=O)cc1. The van der Waals surface area contributed by atoms with Crippen LogP contribution in [0.1, 0.15) is 16.1 Å². The molecule has 2 heterocycles. The molecule has 1 aliphatic rings. The van der Waals surface area contributed by atoms with Gasteiger partial charge in [0.05, 0.1) is 31.9 Å². The minimum atomic E-state index is -1.12. The minimum Gasteiger partial charge on any atom is -0.497 e. The molecule has 1 amide bonds. The highest BCUT2D eigenvalue weighted by Gasteiger charge is 2.43. The zero-order valence-corrected chi connectivity index (χ0v) is 15.9. The molecule has 3 aromatic rings. The number of methoxy groups -OCH3 is 2. The molecule has 0 unspecified atom stereocenters.